The molecule has 0 bridgehead atoms. The standard InChI is InChI=1S/C15H25N3O4/c1-9(19)10(14(16)21)8-13(20)12-5-3-7-18(12)15(22)11-4-2-6-17-11/h9-12,17,19H,2-8H2,1H3,(H2,16,21)/t9-,10+,11-,12-/m1/s1. The molecule has 0 unspecified atom stereocenters. The monoisotopic (exact) mass is 311 g/mol. The zero-order valence-electron chi connectivity index (χ0n) is 13.0. The van der Waals surface area contributed by atoms with Crippen LogP contribution in [0.5, 0.6) is 0 Å². The van der Waals surface area contributed by atoms with Crippen LogP contribution in [0.25, 0.3) is 0 Å². The number of Topliss-reactive ketones (excluding diaryl/α,β-unsaturated/α-hetero) is 1. The number of aliphatic hydroxyl groups is 1. The van der Waals surface area contributed by atoms with E-state index in [0.29, 0.717) is 13.0 Å². The largest absolute Gasteiger partial charge is 0.393 e. The minimum Gasteiger partial charge on any atom is -0.393 e. The maximum absolute atomic E-state index is 12.5. The molecule has 0 radical (unpaired) electrons. The number of amides is 2. The quantitative estimate of drug-likeness (QED) is 0.593. The Morgan fingerprint density at radius 1 is 1.32 bits per heavy atom. The van der Waals surface area contributed by atoms with Crippen LogP contribution in [-0.2, 0) is 14.4 Å². The van der Waals surface area contributed by atoms with E-state index in [9.17, 15) is 19.5 Å². The number of rotatable bonds is 6. The molecular formula is C15H25N3O4. The molecule has 0 aliphatic carbocycles. The molecule has 0 aromatic heterocycles. The van der Waals surface area contributed by atoms with Crippen LogP contribution in [0.2, 0.25) is 0 Å². The van der Waals surface area contributed by atoms with Crippen molar-refractivity contribution in [3.05, 3.63) is 0 Å². The molecule has 2 heterocycles. The van der Waals surface area contributed by atoms with Crippen molar-refractivity contribution in [1.29, 1.82) is 0 Å². The fourth-order valence-corrected chi connectivity index (χ4v) is 3.32. The molecule has 2 fully saturated rings. The number of hydrogen-bond donors (Lipinski definition) is 3. The van der Waals surface area contributed by atoms with Gasteiger partial charge in [0.25, 0.3) is 0 Å². The second-order valence-corrected chi connectivity index (χ2v) is 6.26. The van der Waals surface area contributed by atoms with E-state index in [4.69, 9.17) is 5.73 Å². The lowest BCUT2D eigenvalue weighted by molar-refractivity contribution is -0.140. The van der Waals surface area contributed by atoms with Crippen LogP contribution in [0.3, 0.4) is 0 Å². The smallest absolute Gasteiger partial charge is 0.240 e. The van der Waals surface area contributed by atoms with Crippen LogP contribution < -0.4 is 11.1 Å². The predicted molar refractivity (Wildman–Crippen MR) is 79.7 cm³/mol. The van der Waals surface area contributed by atoms with Crippen molar-refractivity contribution in [2.75, 3.05) is 13.1 Å². The van der Waals surface area contributed by atoms with Crippen molar-refractivity contribution in [3.63, 3.8) is 0 Å². The first-order valence-electron chi connectivity index (χ1n) is 7.95. The summed E-state index contributed by atoms with van der Waals surface area (Å²) >= 11 is 0. The van der Waals surface area contributed by atoms with Crippen molar-refractivity contribution >= 4 is 17.6 Å². The van der Waals surface area contributed by atoms with Gasteiger partial charge in [-0.25, -0.2) is 0 Å². The molecule has 2 rings (SSSR count). The van der Waals surface area contributed by atoms with Crippen molar-refractivity contribution in [2.45, 2.75) is 57.2 Å². The third-order valence-electron chi connectivity index (χ3n) is 4.63. The second-order valence-electron chi connectivity index (χ2n) is 6.26. The van der Waals surface area contributed by atoms with Gasteiger partial charge in [-0.05, 0) is 39.2 Å². The van der Waals surface area contributed by atoms with Gasteiger partial charge in [0, 0.05) is 13.0 Å². The lowest BCUT2D eigenvalue weighted by atomic mass is 9.92. The minimum atomic E-state index is -0.969. The Morgan fingerprint density at radius 3 is 2.59 bits per heavy atom. The van der Waals surface area contributed by atoms with Gasteiger partial charge in [-0.15, -0.1) is 0 Å². The van der Waals surface area contributed by atoms with E-state index < -0.39 is 24.0 Å². The summed E-state index contributed by atoms with van der Waals surface area (Å²) < 4.78 is 0. The predicted octanol–water partition coefficient (Wildman–Crippen LogP) is -0.829. The van der Waals surface area contributed by atoms with Gasteiger partial charge in [-0.3, -0.25) is 14.4 Å². The van der Waals surface area contributed by atoms with Crippen LogP contribution in [0.15, 0.2) is 0 Å². The molecule has 7 heteroatoms. The Balaban J connectivity index is 2.01. The summed E-state index contributed by atoms with van der Waals surface area (Å²) in [6.07, 6.45) is 2.08. The highest BCUT2D eigenvalue weighted by molar-refractivity contribution is 5.93. The normalized spacial score (nSPS) is 27.6. The maximum atomic E-state index is 12.5. The molecule has 4 N–H and O–H groups in total. The SMILES string of the molecule is C[C@@H](O)[C@H](CC(=O)[C@H]1CCCN1C(=O)[C@H]1CCCN1)C(N)=O. The first-order valence-corrected chi connectivity index (χ1v) is 7.95. The number of nitrogens with zero attached hydrogens (tertiary/aromatic N) is 1. The van der Waals surface area contributed by atoms with E-state index in [2.05, 4.69) is 5.32 Å². The Hall–Kier alpha value is -1.47. The van der Waals surface area contributed by atoms with Gasteiger partial charge in [0.2, 0.25) is 11.8 Å². The summed E-state index contributed by atoms with van der Waals surface area (Å²) in [5, 5.41) is 12.7. The first-order chi connectivity index (χ1) is 10.4. The van der Waals surface area contributed by atoms with Crippen molar-refractivity contribution in [1.82, 2.24) is 10.2 Å². The van der Waals surface area contributed by atoms with Crippen LogP contribution in [0.4, 0.5) is 0 Å². The third kappa shape index (κ3) is 3.64. The van der Waals surface area contributed by atoms with E-state index in [0.717, 1.165) is 25.8 Å². The average Bonchev–Trinajstić information content (AvgIpc) is 3.13. The average molecular weight is 311 g/mol. The molecule has 0 spiro atoms. The lowest BCUT2D eigenvalue weighted by Crippen LogP contribution is -2.49. The van der Waals surface area contributed by atoms with Crippen LogP contribution in [0, 0.1) is 5.92 Å². The zero-order chi connectivity index (χ0) is 16.3. The van der Waals surface area contributed by atoms with E-state index >= 15 is 0 Å². The Kier molecular flexibility index (Phi) is 5.52. The third-order valence-corrected chi connectivity index (χ3v) is 4.63. The van der Waals surface area contributed by atoms with Gasteiger partial charge in [-0.2, -0.15) is 0 Å². The lowest BCUT2D eigenvalue weighted by Gasteiger charge is -2.27. The maximum Gasteiger partial charge on any atom is 0.240 e. The summed E-state index contributed by atoms with van der Waals surface area (Å²) in [6.45, 7) is 2.85. The first kappa shape index (κ1) is 16.9. The highest BCUT2D eigenvalue weighted by atomic mass is 16.3. The van der Waals surface area contributed by atoms with Crippen LogP contribution >= 0.6 is 0 Å². The van der Waals surface area contributed by atoms with E-state index in [-0.39, 0.29) is 24.2 Å². The number of nitrogens with one attached hydrogen (secondary N) is 1. The number of carbonyl (C=O) groups is 3. The number of likely N-dealkylation sites (tertiary alicyclic amines) is 1. The van der Waals surface area contributed by atoms with E-state index in [1.165, 1.54) is 6.92 Å². The number of carbonyl (C=O) groups excluding carboxylic acids is 3. The second kappa shape index (κ2) is 7.19. The molecule has 2 saturated heterocycles. The molecule has 124 valence electrons. The Bertz CT molecular complexity index is 446. The molecule has 7 nitrogen and oxygen atoms in total. The van der Waals surface area contributed by atoms with Gasteiger partial charge >= 0.3 is 0 Å². The van der Waals surface area contributed by atoms with Gasteiger partial charge in [0.05, 0.1) is 24.1 Å². The summed E-state index contributed by atoms with van der Waals surface area (Å²) in [6, 6.07) is -0.687. The van der Waals surface area contributed by atoms with Crippen LogP contribution in [-0.4, -0.2) is 58.9 Å². The van der Waals surface area contributed by atoms with Gasteiger partial charge in [0.15, 0.2) is 5.78 Å². The summed E-state index contributed by atoms with van der Waals surface area (Å²) in [5.74, 6) is -1.79. The summed E-state index contributed by atoms with van der Waals surface area (Å²) in [4.78, 5) is 37.9. The number of hydrogen-bond acceptors (Lipinski definition) is 5. The molecular weight excluding hydrogens is 286 g/mol. The van der Waals surface area contributed by atoms with Crippen molar-refractivity contribution in [2.24, 2.45) is 11.7 Å². The molecule has 4 atom stereocenters. The number of nitrogens with two attached hydrogens (primary N) is 1. The number of ketones is 1. The molecule has 2 amide bonds. The summed E-state index contributed by atoms with van der Waals surface area (Å²) in [7, 11) is 0. The Labute approximate surface area is 130 Å². The summed E-state index contributed by atoms with van der Waals surface area (Å²) in [5.41, 5.74) is 5.24. The van der Waals surface area contributed by atoms with E-state index in [1.807, 2.05) is 0 Å². The molecule has 2 aliphatic heterocycles. The molecule has 0 aromatic rings. The van der Waals surface area contributed by atoms with Crippen LogP contribution in [0.1, 0.15) is 39.0 Å². The van der Waals surface area contributed by atoms with Crippen molar-refractivity contribution in [3.8, 4) is 0 Å². The zero-order valence-corrected chi connectivity index (χ0v) is 13.0. The molecule has 0 saturated carbocycles. The van der Waals surface area contributed by atoms with Gasteiger partial charge < -0.3 is 21.1 Å². The molecule has 2 aliphatic rings. The number of primary amides is 1. The molecule has 22 heavy (non-hydrogen) atoms. The van der Waals surface area contributed by atoms with Crippen molar-refractivity contribution < 1.29 is 19.5 Å². The van der Waals surface area contributed by atoms with E-state index in [1.54, 1.807) is 4.90 Å². The fourth-order valence-electron chi connectivity index (χ4n) is 3.32. The minimum absolute atomic E-state index is 0.0268. The van der Waals surface area contributed by atoms with Gasteiger partial charge in [-0.1, -0.05) is 0 Å². The fraction of sp³-hybridized carbons (Fsp3) is 0.800. The highest BCUT2D eigenvalue weighted by Gasteiger charge is 2.39. The highest BCUT2D eigenvalue weighted by Crippen LogP contribution is 2.24. The topological polar surface area (TPSA) is 113 Å². The van der Waals surface area contributed by atoms with Gasteiger partial charge in [0.1, 0.15) is 0 Å². The molecule has 0 aromatic carbocycles. The Morgan fingerprint density at radius 2 is 2.05 bits per heavy atom. The number of aliphatic hydroxyl groups excluding tert-OH is 1.